The Balaban J connectivity index is 1.63. The lowest BCUT2D eigenvalue weighted by atomic mass is 10.2. The molecule has 2 aliphatic heterocycles. The summed E-state index contributed by atoms with van der Waals surface area (Å²) in [6.45, 7) is 3.90. The highest BCUT2D eigenvalue weighted by Gasteiger charge is 2.40. The zero-order valence-corrected chi connectivity index (χ0v) is 14.4. The summed E-state index contributed by atoms with van der Waals surface area (Å²) in [6, 6.07) is 5.87. The Bertz CT molecular complexity index is 782. The number of rotatable bonds is 2. The third kappa shape index (κ3) is 3.07. The van der Waals surface area contributed by atoms with Crippen LogP contribution in [-0.4, -0.2) is 64.6 Å². The summed E-state index contributed by atoms with van der Waals surface area (Å²) >= 11 is 0. The van der Waals surface area contributed by atoms with Crippen molar-refractivity contribution in [1.82, 2.24) is 19.9 Å². The molecule has 2 atom stereocenters. The normalized spacial score (nSPS) is 23.5. The van der Waals surface area contributed by atoms with Crippen LogP contribution >= 0.6 is 0 Å². The van der Waals surface area contributed by atoms with Crippen molar-refractivity contribution in [2.75, 3.05) is 31.6 Å². The third-order valence-electron chi connectivity index (χ3n) is 4.86. The van der Waals surface area contributed by atoms with E-state index in [-0.39, 0.29) is 18.1 Å². The molecule has 0 spiro atoms. The summed E-state index contributed by atoms with van der Waals surface area (Å²) in [4.78, 5) is 29.5. The van der Waals surface area contributed by atoms with Gasteiger partial charge in [-0.3, -0.25) is 9.78 Å². The second-order valence-electron chi connectivity index (χ2n) is 6.57. The first-order valence-corrected chi connectivity index (χ1v) is 8.50. The molecule has 0 aliphatic carbocycles. The topological polar surface area (TPSA) is 71.5 Å². The molecule has 130 valence electrons. The Morgan fingerprint density at radius 1 is 1.28 bits per heavy atom. The maximum absolute atomic E-state index is 12.1. The van der Waals surface area contributed by atoms with Crippen molar-refractivity contribution in [1.29, 1.82) is 0 Å². The summed E-state index contributed by atoms with van der Waals surface area (Å²) in [7, 11) is 1.87. The summed E-state index contributed by atoms with van der Waals surface area (Å²) in [6.07, 6.45) is 3.98. The Morgan fingerprint density at radius 3 is 2.96 bits per heavy atom. The number of hydrogen-bond donors (Lipinski definition) is 0. The van der Waals surface area contributed by atoms with Crippen LogP contribution in [0.3, 0.4) is 0 Å². The Labute approximate surface area is 146 Å². The minimum atomic E-state index is 0.0218. The summed E-state index contributed by atoms with van der Waals surface area (Å²) < 4.78 is 5.91. The van der Waals surface area contributed by atoms with Crippen LogP contribution < -0.4 is 4.90 Å². The highest BCUT2D eigenvalue weighted by molar-refractivity contribution is 5.77. The van der Waals surface area contributed by atoms with Crippen molar-refractivity contribution < 1.29 is 9.53 Å². The Morgan fingerprint density at radius 2 is 2.16 bits per heavy atom. The molecule has 4 rings (SSSR count). The van der Waals surface area contributed by atoms with Gasteiger partial charge in [-0.05, 0) is 19.1 Å². The van der Waals surface area contributed by atoms with Gasteiger partial charge >= 0.3 is 0 Å². The monoisotopic (exact) mass is 339 g/mol. The molecule has 0 radical (unpaired) electrons. The zero-order chi connectivity index (χ0) is 17.4. The van der Waals surface area contributed by atoms with Crippen LogP contribution in [0, 0.1) is 6.92 Å². The molecule has 2 aliphatic rings. The number of amides is 1. The Hall–Kier alpha value is -2.54. The van der Waals surface area contributed by atoms with Crippen molar-refractivity contribution in [3.8, 4) is 11.4 Å². The minimum absolute atomic E-state index is 0.0218. The first-order chi connectivity index (χ1) is 12.1. The summed E-state index contributed by atoms with van der Waals surface area (Å²) in [5, 5.41) is 0. The number of ether oxygens (including phenoxy) is 1. The minimum Gasteiger partial charge on any atom is -0.374 e. The first-order valence-electron chi connectivity index (χ1n) is 8.50. The van der Waals surface area contributed by atoms with E-state index in [2.05, 4.69) is 14.9 Å². The van der Waals surface area contributed by atoms with Gasteiger partial charge in [0.1, 0.15) is 5.82 Å². The number of pyridine rings is 1. The van der Waals surface area contributed by atoms with Crippen LogP contribution in [-0.2, 0) is 9.53 Å². The molecule has 0 bridgehead atoms. The van der Waals surface area contributed by atoms with Crippen LogP contribution in [0.25, 0.3) is 11.4 Å². The molecule has 1 amide bonds. The van der Waals surface area contributed by atoms with Crippen molar-refractivity contribution in [2.45, 2.75) is 25.5 Å². The van der Waals surface area contributed by atoms with Crippen molar-refractivity contribution in [3.63, 3.8) is 0 Å². The number of carbonyl (C=O) groups excluding carboxylic acids is 1. The van der Waals surface area contributed by atoms with Gasteiger partial charge in [-0.1, -0.05) is 0 Å². The molecular weight excluding hydrogens is 318 g/mol. The Kier molecular flexibility index (Phi) is 4.09. The lowest BCUT2D eigenvalue weighted by Gasteiger charge is -2.25. The molecule has 4 heterocycles. The lowest BCUT2D eigenvalue weighted by molar-refractivity contribution is -0.130. The van der Waals surface area contributed by atoms with E-state index < -0.39 is 0 Å². The predicted octanol–water partition coefficient (Wildman–Crippen LogP) is 1.28. The second kappa shape index (κ2) is 6.40. The average molecular weight is 339 g/mol. The van der Waals surface area contributed by atoms with E-state index in [9.17, 15) is 4.79 Å². The van der Waals surface area contributed by atoms with Crippen LogP contribution in [0.15, 0.2) is 30.6 Å². The standard InChI is InChI=1S/C18H21N5O2/c1-12-8-16(21-18(20-12)13-4-3-6-19-9-13)23-10-14-15(11-23)25-7-5-17(24)22(14)2/h3-4,6,8-9,14-15H,5,7,10-11H2,1-2H3/t14-,15-/m0/s1. The van der Waals surface area contributed by atoms with E-state index in [0.717, 1.165) is 30.2 Å². The molecule has 25 heavy (non-hydrogen) atoms. The summed E-state index contributed by atoms with van der Waals surface area (Å²) in [5.74, 6) is 1.67. The van der Waals surface area contributed by atoms with E-state index >= 15 is 0 Å². The molecule has 2 aromatic rings. The van der Waals surface area contributed by atoms with Gasteiger partial charge in [-0.25, -0.2) is 9.97 Å². The fourth-order valence-corrected chi connectivity index (χ4v) is 3.48. The van der Waals surface area contributed by atoms with Crippen LogP contribution in [0.1, 0.15) is 12.1 Å². The fraction of sp³-hybridized carbons (Fsp3) is 0.444. The molecule has 2 aromatic heterocycles. The van der Waals surface area contributed by atoms with E-state index in [0.29, 0.717) is 18.9 Å². The number of carbonyl (C=O) groups is 1. The number of aryl methyl sites for hydroxylation is 1. The van der Waals surface area contributed by atoms with Crippen molar-refractivity contribution in [3.05, 3.63) is 36.3 Å². The van der Waals surface area contributed by atoms with Crippen LogP contribution in [0.4, 0.5) is 5.82 Å². The maximum Gasteiger partial charge on any atom is 0.225 e. The van der Waals surface area contributed by atoms with E-state index in [4.69, 9.17) is 9.72 Å². The molecule has 0 N–H and O–H groups in total. The van der Waals surface area contributed by atoms with E-state index in [1.807, 2.05) is 37.1 Å². The second-order valence-corrected chi connectivity index (χ2v) is 6.57. The molecule has 7 nitrogen and oxygen atoms in total. The predicted molar refractivity (Wildman–Crippen MR) is 93.1 cm³/mol. The third-order valence-corrected chi connectivity index (χ3v) is 4.86. The average Bonchev–Trinajstić information content (AvgIpc) is 3.00. The highest BCUT2D eigenvalue weighted by Crippen LogP contribution is 2.27. The number of nitrogens with zero attached hydrogens (tertiary/aromatic N) is 5. The van der Waals surface area contributed by atoms with Crippen LogP contribution in [0.5, 0.6) is 0 Å². The molecule has 0 saturated carbocycles. The molecule has 2 saturated heterocycles. The molecule has 0 aromatic carbocycles. The lowest BCUT2D eigenvalue weighted by Crippen LogP contribution is -2.42. The van der Waals surface area contributed by atoms with Gasteiger partial charge < -0.3 is 14.5 Å². The van der Waals surface area contributed by atoms with Gasteiger partial charge in [0, 0.05) is 49.9 Å². The smallest absolute Gasteiger partial charge is 0.225 e. The fourth-order valence-electron chi connectivity index (χ4n) is 3.48. The van der Waals surface area contributed by atoms with Gasteiger partial charge in [-0.2, -0.15) is 0 Å². The number of fused-ring (bicyclic) bond motifs is 1. The van der Waals surface area contributed by atoms with Gasteiger partial charge in [0.15, 0.2) is 5.82 Å². The zero-order valence-electron chi connectivity index (χ0n) is 14.4. The summed E-state index contributed by atoms with van der Waals surface area (Å²) in [5.41, 5.74) is 1.80. The number of likely N-dealkylation sites (N-methyl/N-ethyl adjacent to an activating group) is 1. The van der Waals surface area contributed by atoms with E-state index in [1.54, 1.807) is 12.4 Å². The highest BCUT2D eigenvalue weighted by atomic mass is 16.5. The maximum atomic E-state index is 12.1. The first kappa shape index (κ1) is 16.0. The number of aromatic nitrogens is 3. The van der Waals surface area contributed by atoms with Crippen molar-refractivity contribution >= 4 is 11.7 Å². The molecule has 0 unspecified atom stereocenters. The number of hydrogen-bond acceptors (Lipinski definition) is 6. The van der Waals surface area contributed by atoms with Gasteiger partial charge in [0.25, 0.3) is 0 Å². The molecular formula is C18H21N5O2. The quantitative estimate of drug-likeness (QED) is 0.821. The van der Waals surface area contributed by atoms with Gasteiger partial charge in [0.2, 0.25) is 5.91 Å². The van der Waals surface area contributed by atoms with E-state index in [1.165, 1.54) is 0 Å². The van der Waals surface area contributed by atoms with Crippen molar-refractivity contribution in [2.24, 2.45) is 0 Å². The molecule has 2 fully saturated rings. The largest absolute Gasteiger partial charge is 0.374 e. The van der Waals surface area contributed by atoms with Gasteiger partial charge in [0.05, 0.1) is 25.2 Å². The SMILES string of the molecule is Cc1cc(N2C[C@@H]3OCCC(=O)N(C)[C@H]3C2)nc(-c2cccnc2)n1. The number of anilines is 1. The van der Waals surface area contributed by atoms with Gasteiger partial charge in [-0.15, -0.1) is 0 Å². The van der Waals surface area contributed by atoms with Crippen LogP contribution in [0.2, 0.25) is 0 Å². The molecule has 7 heteroatoms.